The van der Waals surface area contributed by atoms with Crippen LogP contribution in [0.3, 0.4) is 0 Å². The van der Waals surface area contributed by atoms with Crippen LogP contribution < -0.4 is 5.73 Å². The molecule has 0 spiro atoms. The summed E-state index contributed by atoms with van der Waals surface area (Å²) in [6, 6.07) is 1.41. The Balaban J connectivity index is 3.23. The minimum absolute atomic E-state index is 0.0474. The van der Waals surface area contributed by atoms with Crippen LogP contribution in [0.15, 0.2) is 12.3 Å². The smallest absolute Gasteiger partial charge is 0.280 e. The van der Waals surface area contributed by atoms with Crippen LogP contribution in [0.25, 0.3) is 0 Å². The van der Waals surface area contributed by atoms with Gasteiger partial charge in [0.1, 0.15) is 5.82 Å². The Labute approximate surface area is 88.8 Å². The molecule has 0 aromatic carbocycles. The van der Waals surface area contributed by atoms with Gasteiger partial charge in [-0.3, -0.25) is 4.79 Å². The molecule has 0 aliphatic rings. The maximum absolute atomic E-state index is 11.7. The maximum atomic E-state index is 11.7. The van der Waals surface area contributed by atoms with Gasteiger partial charge in [0.25, 0.3) is 5.12 Å². The number of aromatic nitrogens is 1. The Hall–Kier alpha value is -1.30. The summed E-state index contributed by atoms with van der Waals surface area (Å²) in [4.78, 5) is 11.7. The second-order valence-corrected chi connectivity index (χ2v) is 6.01. The largest absolute Gasteiger partial charge is 0.384 e. The molecule has 0 atom stereocenters. The van der Waals surface area contributed by atoms with E-state index in [9.17, 15) is 13.2 Å². The van der Waals surface area contributed by atoms with Gasteiger partial charge in [-0.25, -0.2) is 8.42 Å². The Morgan fingerprint density at radius 1 is 1.47 bits per heavy atom. The molecule has 6 heteroatoms. The van der Waals surface area contributed by atoms with Crippen LogP contribution in [0.4, 0.5) is 5.82 Å². The van der Waals surface area contributed by atoms with Crippen molar-refractivity contribution in [2.45, 2.75) is 19.1 Å². The number of hydrogen-bond donors (Lipinski definition) is 1. The van der Waals surface area contributed by atoms with Crippen molar-refractivity contribution in [3.05, 3.63) is 17.8 Å². The molecule has 0 unspecified atom stereocenters. The van der Waals surface area contributed by atoms with Crippen LogP contribution in [-0.2, 0) is 16.9 Å². The summed E-state index contributed by atoms with van der Waals surface area (Å²) in [5.74, 6) is 0.171. The zero-order valence-electron chi connectivity index (χ0n) is 8.89. The number of anilines is 1. The van der Waals surface area contributed by atoms with Crippen molar-refractivity contribution < 1.29 is 13.2 Å². The van der Waals surface area contributed by atoms with Gasteiger partial charge in [0.05, 0.1) is 10.8 Å². The number of nitrogen functional groups attached to an aromatic ring is 1. The Morgan fingerprint density at radius 2 is 2.00 bits per heavy atom. The third-order valence-corrected chi connectivity index (χ3v) is 4.20. The topological polar surface area (TPSA) is 82.2 Å². The van der Waals surface area contributed by atoms with Crippen molar-refractivity contribution in [2.75, 3.05) is 5.73 Å². The van der Waals surface area contributed by atoms with E-state index < -0.39 is 20.2 Å². The van der Waals surface area contributed by atoms with Crippen molar-refractivity contribution in [1.82, 2.24) is 4.57 Å². The predicted molar refractivity (Wildman–Crippen MR) is 58.2 cm³/mol. The monoisotopic (exact) mass is 230 g/mol. The van der Waals surface area contributed by atoms with E-state index >= 15 is 0 Å². The molecule has 0 bridgehead atoms. The molecule has 84 valence electrons. The van der Waals surface area contributed by atoms with E-state index in [0.717, 1.165) is 0 Å². The summed E-state index contributed by atoms with van der Waals surface area (Å²) >= 11 is 0. The maximum Gasteiger partial charge on any atom is 0.280 e. The number of sulfone groups is 1. The summed E-state index contributed by atoms with van der Waals surface area (Å²) in [6.07, 6.45) is 1.55. The first-order valence-electron chi connectivity index (χ1n) is 4.47. The number of carbonyl (C=O) groups is 1. The third kappa shape index (κ3) is 1.90. The van der Waals surface area contributed by atoms with Gasteiger partial charge in [0, 0.05) is 13.2 Å². The summed E-state index contributed by atoms with van der Waals surface area (Å²) in [5.41, 5.74) is 5.63. The van der Waals surface area contributed by atoms with E-state index in [2.05, 4.69) is 0 Å². The molecule has 1 heterocycles. The summed E-state index contributed by atoms with van der Waals surface area (Å²) in [5, 5.41) is -1.64. The molecule has 0 radical (unpaired) electrons. The molecule has 2 N–H and O–H groups in total. The van der Waals surface area contributed by atoms with Crippen LogP contribution in [0.1, 0.15) is 24.2 Å². The Kier molecular flexibility index (Phi) is 2.90. The molecule has 0 saturated heterocycles. The molecule has 15 heavy (non-hydrogen) atoms. The molecule has 5 nitrogen and oxygen atoms in total. The van der Waals surface area contributed by atoms with E-state index in [4.69, 9.17) is 5.73 Å². The first kappa shape index (κ1) is 11.8. The molecule has 0 aliphatic heterocycles. The van der Waals surface area contributed by atoms with Crippen molar-refractivity contribution in [3.8, 4) is 0 Å². The molecule has 0 saturated carbocycles. The SMILES string of the molecule is CC(C)S(=O)(=O)C(=O)c1ccn(C)c1N. The standard InChI is InChI=1S/C9H14N2O3S/c1-6(2)15(13,14)9(12)7-4-5-11(3)8(7)10/h4-6H,10H2,1-3H3. The Bertz CT molecular complexity index is 485. The van der Waals surface area contributed by atoms with Gasteiger partial charge in [0.15, 0.2) is 0 Å². The number of nitrogens with two attached hydrogens (primary N) is 1. The predicted octanol–water partition coefficient (Wildman–Crippen LogP) is 0.571. The Morgan fingerprint density at radius 3 is 2.33 bits per heavy atom. The highest BCUT2D eigenvalue weighted by molar-refractivity contribution is 8.07. The van der Waals surface area contributed by atoms with Gasteiger partial charge >= 0.3 is 0 Å². The molecule has 0 fully saturated rings. The normalized spacial score (nSPS) is 12.0. The third-order valence-electron chi connectivity index (χ3n) is 2.22. The summed E-state index contributed by atoms with van der Waals surface area (Å²) in [7, 11) is -2.12. The van der Waals surface area contributed by atoms with Crippen LogP contribution in [-0.4, -0.2) is 23.4 Å². The highest BCUT2D eigenvalue weighted by Gasteiger charge is 2.29. The van der Waals surface area contributed by atoms with E-state index in [1.54, 1.807) is 13.2 Å². The fraction of sp³-hybridized carbons (Fsp3) is 0.444. The zero-order chi connectivity index (χ0) is 11.8. The van der Waals surface area contributed by atoms with E-state index in [1.165, 1.54) is 24.5 Å². The number of hydrogen-bond acceptors (Lipinski definition) is 4. The minimum atomic E-state index is -3.77. The highest BCUT2D eigenvalue weighted by Crippen LogP contribution is 2.17. The second kappa shape index (κ2) is 3.69. The average Bonchev–Trinajstić information content (AvgIpc) is 2.46. The van der Waals surface area contributed by atoms with Gasteiger partial charge in [-0.2, -0.15) is 0 Å². The van der Waals surface area contributed by atoms with Gasteiger partial charge in [0.2, 0.25) is 9.84 Å². The second-order valence-electron chi connectivity index (χ2n) is 3.61. The lowest BCUT2D eigenvalue weighted by Crippen LogP contribution is -2.24. The lowest BCUT2D eigenvalue weighted by atomic mass is 10.3. The highest BCUT2D eigenvalue weighted by atomic mass is 32.2. The van der Waals surface area contributed by atoms with Crippen LogP contribution >= 0.6 is 0 Å². The number of carbonyl (C=O) groups excluding carboxylic acids is 1. The van der Waals surface area contributed by atoms with Crippen LogP contribution in [0.5, 0.6) is 0 Å². The first-order valence-corrected chi connectivity index (χ1v) is 6.02. The van der Waals surface area contributed by atoms with Crippen molar-refractivity contribution in [1.29, 1.82) is 0 Å². The molecule has 0 amide bonds. The molecule has 1 aromatic rings. The fourth-order valence-corrected chi connectivity index (χ4v) is 1.99. The molecule has 1 rings (SSSR count). The lowest BCUT2D eigenvalue weighted by molar-refractivity contribution is 0.107. The lowest BCUT2D eigenvalue weighted by Gasteiger charge is -2.06. The van der Waals surface area contributed by atoms with Crippen molar-refractivity contribution >= 4 is 20.8 Å². The van der Waals surface area contributed by atoms with Crippen LogP contribution in [0, 0.1) is 0 Å². The quantitative estimate of drug-likeness (QED) is 0.805. The molecule has 1 aromatic heterocycles. The van der Waals surface area contributed by atoms with Crippen molar-refractivity contribution in [3.63, 3.8) is 0 Å². The van der Waals surface area contributed by atoms with E-state index in [1.807, 2.05) is 0 Å². The van der Waals surface area contributed by atoms with Gasteiger partial charge in [-0.1, -0.05) is 0 Å². The number of nitrogens with zero attached hydrogens (tertiary/aromatic N) is 1. The van der Waals surface area contributed by atoms with Gasteiger partial charge in [-0.05, 0) is 19.9 Å². The minimum Gasteiger partial charge on any atom is -0.384 e. The van der Waals surface area contributed by atoms with Gasteiger partial charge in [-0.15, -0.1) is 0 Å². The van der Waals surface area contributed by atoms with E-state index in [-0.39, 0.29) is 11.4 Å². The van der Waals surface area contributed by atoms with Crippen LogP contribution in [0.2, 0.25) is 0 Å². The number of rotatable bonds is 2. The van der Waals surface area contributed by atoms with E-state index in [0.29, 0.717) is 0 Å². The summed E-state index contributed by atoms with van der Waals surface area (Å²) < 4.78 is 24.7. The van der Waals surface area contributed by atoms with Gasteiger partial charge < -0.3 is 10.3 Å². The molecule has 0 aliphatic carbocycles. The fourth-order valence-electron chi connectivity index (χ4n) is 1.08. The first-order chi connectivity index (χ1) is 6.78. The van der Waals surface area contributed by atoms with Crippen molar-refractivity contribution in [2.24, 2.45) is 7.05 Å². The molecular weight excluding hydrogens is 216 g/mol. The molecular formula is C9H14N2O3S. The average molecular weight is 230 g/mol. The summed E-state index contributed by atoms with van der Waals surface area (Å²) in [6.45, 7) is 2.93. The zero-order valence-corrected chi connectivity index (χ0v) is 9.71. The number of aryl methyl sites for hydroxylation is 1.